The van der Waals surface area contributed by atoms with Crippen molar-refractivity contribution in [2.45, 2.75) is 29.2 Å². The molecule has 0 saturated carbocycles. The smallest absolute Gasteiger partial charge is 0.247 e. The van der Waals surface area contributed by atoms with Crippen molar-refractivity contribution in [3.63, 3.8) is 0 Å². The molecule has 174 valence electrons. The molecule has 3 heterocycles. The zero-order chi connectivity index (χ0) is 23.2. The fourth-order valence-corrected chi connectivity index (χ4v) is 6.95. The average Bonchev–Trinajstić information content (AvgIpc) is 3.16. The third kappa shape index (κ3) is 4.05. The average molecular weight is 488 g/mol. The van der Waals surface area contributed by atoms with Gasteiger partial charge < -0.3 is 14.5 Å². The van der Waals surface area contributed by atoms with Crippen LogP contribution in [0.5, 0.6) is 0 Å². The van der Waals surface area contributed by atoms with Crippen molar-refractivity contribution in [3.05, 3.63) is 48.0 Å². The highest BCUT2D eigenvalue weighted by Gasteiger charge is 2.35. The molecule has 5 rings (SSSR count). The van der Waals surface area contributed by atoms with Crippen LogP contribution in [0.1, 0.15) is 12.5 Å². The van der Waals surface area contributed by atoms with Crippen molar-refractivity contribution in [3.8, 4) is 0 Å². The first-order valence-electron chi connectivity index (χ1n) is 10.9. The van der Waals surface area contributed by atoms with Gasteiger partial charge in [-0.1, -0.05) is 18.2 Å². The van der Waals surface area contributed by atoms with Crippen LogP contribution in [-0.4, -0.2) is 69.2 Å². The molecule has 0 N–H and O–H groups in total. The van der Waals surface area contributed by atoms with Crippen LogP contribution in [0, 0.1) is 0 Å². The minimum Gasteiger partial charge on any atom is -0.379 e. The molecule has 33 heavy (non-hydrogen) atoms. The highest BCUT2D eigenvalue weighted by molar-refractivity contribution is 8.00. The Bertz CT molecular complexity index is 1210. The monoisotopic (exact) mass is 487 g/mol. The van der Waals surface area contributed by atoms with Crippen LogP contribution in [-0.2, 0) is 30.8 Å². The number of anilines is 2. The third-order valence-electron chi connectivity index (χ3n) is 6.25. The van der Waals surface area contributed by atoms with Crippen molar-refractivity contribution < 1.29 is 22.7 Å². The summed E-state index contributed by atoms with van der Waals surface area (Å²) in [7, 11) is -3.72. The molecule has 8 nitrogen and oxygen atoms in total. The molecule has 2 amide bonds. The first kappa shape index (κ1) is 22.4. The van der Waals surface area contributed by atoms with Gasteiger partial charge in [0.05, 0.1) is 29.5 Å². The summed E-state index contributed by atoms with van der Waals surface area (Å²) in [5.41, 5.74) is 2.45. The van der Waals surface area contributed by atoms with Gasteiger partial charge in [0.2, 0.25) is 21.8 Å². The molecule has 0 bridgehead atoms. The topological polar surface area (TPSA) is 87.2 Å². The number of nitrogens with zero attached hydrogens (tertiary/aromatic N) is 3. The van der Waals surface area contributed by atoms with E-state index < -0.39 is 10.0 Å². The summed E-state index contributed by atoms with van der Waals surface area (Å²) >= 11 is 1.36. The van der Waals surface area contributed by atoms with Crippen molar-refractivity contribution >= 4 is 45.0 Å². The van der Waals surface area contributed by atoms with Gasteiger partial charge in [0.25, 0.3) is 0 Å². The summed E-state index contributed by atoms with van der Waals surface area (Å²) in [6.45, 7) is 3.16. The minimum atomic E-state index is -3.72. The summed E-state index contributed by atoms with van der Waals surface area (Å²) in [5.74, 6) is -0.177. The first-order chi connectivity index (χ1) is 15.9. The summed E-state index contributed by atoms with van der Waals surface area (Å²) in [5, 5.41) is 0. The Morgan fingerprint density at radius 2 is 1.88 bits per heavy atom. The number of carbonyl (C=O) groups excluding carboxylic acids is 2. The SMILES string of the molecule is CC1Cc2ccccc2N1C(=O)CN1C(=O)CSc2ccc(S(=O)(=O)N3CCOCC3)cc21. The molecule has 0 aromatic heterocycles. The molecule has 1 fully saturated rings. The van der Waals surface area contributed by atoms with E-state index in [1.165, 1.54) is 27.0 Å². The highest BCUT2D eigenvalue weighted by atomic mass is 32.2. The van der Waals surface area contributed by atoms with E-state index in [2.05, 4.69) is 0 Å². The van der Waals surface area contributed by atoms with Gasteiger partial charge in [-0.15, -0.1) is 11.8 Å². The molecule has 2 aromatic carbocycles. The molecule has 1 saturated heterocycles. The number of ether oxygens (including phenoxy) is 1. The Hall–Kier alpha value is -2.40. The molecule has 0 radical (unpaired) electrons. The molecule has 1 atom stereocenters. The lowest BCUT2D eigenvalue weighted by Gasteiger charge is -2.32. The molecule has 1 unspecified atom stereocenters. The molecule has 10 heteroatoms. The largest absolute Gasteiger partial charge is 0.379 e. The summed E-state index contributed by atoms with van der Waals surface area (Å²) in [6, 6.07) is 12.6. The number of carbonyl (C=O) groups is 2. The van der Waals surface area contributed by atoms with Gasteiger partial charge in [-0.2, -0.15) is 4.31 Å². The summed E-state index contributed by atoms with van der Waals surface area (Å²) in [4.78, 5) is 30.3. The Morgan fingerprint density at radius 3 is 2.67 bits per heavy atom. The van der Waals surface area contributed by atoms with Crippen molar-refractivity contribution in [2.24, 2.45) is 0 Å². The van der Waals surface area contributed by atoms with Crippen molar-refractivity contribution in [1.82, 2.24) is 4.31 Å². The van der Waals surface area contributed by atoms with Gasteiger partial charge in [0, 0.05) is 29.7 Å². The Kier molecular flexibility index (Phi) is 5.94. The van der Waals surface area contributed by atoms with E-state index >= 15 is 0 Å². The number of benzene rings is 2. The Morgan fingerprint density at radius 1 is 1.12 bits per heavy atom. The van der Waals surface area contributed by atoms with Gasteiger partial charge in [-0.05, 0) is 43.2 Å². The van der Waals surface area contributed by atoms with Crippen LogP contribution < -0.4 is 9.80 Å². The lowest BCUT2D eigenvalue weighted by molar-refractivity contribution is -0.121. The van der Waals surface area contributed by atoms with E-state index in [4.69, 9.17) is 4.74 Å². The van der Waals surface area contributed by atoms with Gasteiger partial charge in [-0.3, -0.25) is 9.59 Å². The van der Waals surface area contributed by atoms with E-state index in [0.29, 0.717) is 32.0 Å². The fraction of sp³-hybridized carbons (Fsp3) is 0.391. The number of sulfonamides is 1. The quantitative estimate of drug-likeness (QED) is 0.657. The molecular formula is C23H25N3O5S2. The molecule has 0 spiro atoms. The van der Waals surface area contributed by atoms with E-state index in [1.807, 2.05) is 31.2 Å². The predicted molar refractivity (Wildman–Crippen MR) is 126 cm³/mol. The molecule has 0 aliphatic carbocycles. The number of hydrogen-bond acceptors (Lipinski definition) is 6. The number of morpholine rings is 1. The predicted octanol–water partition coefficient (Wildman–Crippen LogP) is 2.12. The van der Waals surface area contributed by atoms with Crippen LogP contribution in [0.4, 0.5) is 11.4 Å². The van der Waals surface area contributed by atoms with E-state index in [-0.39, 0.29) is 35.0 Å². The standard InChI is InChI=1S/C23H25N3O5S2/c1-16-12-17-4-2-3-5-19(17)26(16)22(27)14-25-20-13-18(6-7-21(20)32-15-23(25)28)33(29,30)24-8-10-31-11-9-24/h2-7,13,16H,8-12,14-15H2,1H3. The molecular weight excluding hydrogens is 462 g/mol. The second kappa shape index (κ2) is 8.75. The maximum atomic E-state index is 13.4. The normalized spacial score (nSPS) is 21.1. The number of amides is 2. The zero-order valence-electron chi connectivity index (χ0n) is 18.3. The maximum absolute atomic E-state index is 13.4. The minimum absolute atomic E-state index is 0.00308. The van der Waals surface area contributed by atoms with E-state index in [9.17, 15) is 18.0 Å². The highest BCUT2D eigenvalue weighted by Crippen LogP contribution is 2.38. The van der Waals surface area contributed by atoms with Crippen LogP contribution in [0.15, 0.2) is 52.3 Å². The van der Waals surface area contributed by atoms with Crippen molar-refractivity contribution in [1.29, 1.82) is 0 Å². The Labute approximate surface area is 197 Å². The van der Waals surface area contributed by atoms with E-state index in [1.54, 1.807) is 17.0 Å². The van der Waals surface area contributed by atoms with Crippen molar-refractivity contribution in [2.75, 3.05) is 48.4 Å². The number of fused-ring (bicyclic) bond motifs is 2. The fourth-order valence-electron chi connectivity index (χ4n) is 4.61. The first-order valence-corrected chi connectivity index (χ1v) is 13.3. The number of thioether (sulfide) groups is 1. The molecule has 3 aliphatic rings. The van der Waals surface area contributed by atoms with Crippen LogP contribution >= 0.6 is 11.8 Å². The molecule has 2 aromatic rings. The van der Waals surface area contributed by atoms with Gasteiger partial charge in [-0.25, -0.2) is 8.42 Å². The lowest BCUT2D eigenvalue weighted by Crippen LogP contribution is -2.47. The van der Waals surface area contributed by atoms with Crippen LogP contribution in [0.3, 0.4) is 0 Å². The summed E-state index contributed by atoms with van der Waals surface area (Å²) < 4.78 is 33.0. The number of para-hydroxylation sites is 1. The van der Waals surface area contributed by atoms with E-state index in [0.717, 1.165) is 22.6 Å². The zero-order valence-corrected chi connectivity index (χ0v) is 19.9. The third-order valence-corrected chi connectivity index (χ3v) is 9.19. The Balaban J connectivity index is 1.45. The summed E-state index contributed by atoms with van der Waals surface area (Å²) in [6.07, 6.45) is 0.768. The van der Waals surface area contributed by atoms with Crippen LogP contribution in [0.2, 0.25) is 0 Å². The maximum Gasteiger partial charge on any atom is 0.247 e. The second-order valence-electron chi connectivity index (χ2n) is 8.36. The van der Waals surface area contributed by atoms with Gasteiger partial charge in [0.1, 0.15) is 6.54 Å². The lowest BCUT2D eigenvalue weighted by atomic mass is 10.1. The second-order valence-corrected chi connectivity index (χ2v) is 11.3. The number of hydrogen-bond donors (Lipinski definition) is 0. The van der Waals surface area contributed by atoms with Crippen LogP contribution in [0.25, 0.3) is 0 Å². The number of rotatable bonds is 4. The molecule has 3 aliphatic heterocycles. The van der Waals surface area contributed by atoms with Gasteiger partial charge in [0.15, 0.2) is 0 Å². The van der Waals surface area contributed by atoms with Gasteiger partial charge >= 0.3 is 0 Å².